The van der Waals surface area contributed by atoms with Crippen molar-refractivity contribution in [1.82, 2.24) is 14.9 Å². The quantitative estimate of drug-likeness (QED) is 0.452. The van der Waals surface area contributed by atoms with Crippen LogP contribution < -0.4 is 10.1 Å². The van der Waals surface area contributed by atoms with Crippen LogP contribution >= 0.6 is 0 Å². The number of hydrogen-bond acceptors (Lipinski definition) is 3. The van der Waals surface area contributed by atoms with E-state index in [4.69, 9.17) is 9.72 Å². The maximum atomic E-state index is 11.7. The third-order valence-electron chi connectivity index (χ3n) is 4.57. The number of carbonyl (C=O) groups excluding carboxylic acids is 1. The first-order valence-electron chi connectivity index (χ1n) is 9.62. The molecule has 3 rings (SSSR count). The molecule has 0 saturated heterocycles. The molecule has 5 heteroatoms. The number of aryl methyl sites for hydroxylation is 2. The molecule has 1 aromatic heterocycles. The Morgan fingerprint density at radius 2 is 1.93 bits per heavy atom. The van der Waals surface area contributed by atoms with Crippen LogP contribution in [-0.2, 0) is 17.8 Å². The molecule has 0 saturated carbocycles. The normalized spacial score (nSPS) is 10.8. The molecular formula is C23H27N3O2. The lowest BCUT2D eigenvalue weighted by Gasteiger charge is -2.11. The van der Waals surface area contributed by atoms with E-state index in [0.29, 0.717) is 25.1 Å². The topological polar surface area (TPSA) is 56.2 Å². The van der Waals surface area contributed by atoms with Crippen molar-refractivity contribution in [2.45, 2.75) is 33.2 Å². The second-order valence-electron chi connectivity index (χ2n) is 6.97. The number of benzene rings is 2. The lowest BCUT2D eigenvalue weighted by atomic mass is 10.2. The summed E-state index contributed by atoms with van der Waals surface area (Å²) in [5, 5.41) is 2.88. The van der Waals surface area contributed by atoms with Gasteiger partial charge in [-0.1, -0.05) is 36.4 Å². The number of rotatable bonds is 9. The van der Waals surface area contributed by atoms with Gasteiger partial charge in [0.15, 0.2) is 0 Å². The molecule has 1 N–H and O–H groups in total. The van der Waals surface area contributed by atoms with Gasteiger partial charge in [0.1, 0.15) is 11.6 Å². The van der Waals surface area contributed by atoms with Gasteiger partial charge in [-0.25, -0.2) is 4.98 Å². The second-order valence-corrected chi connectivity index (χ2v) is 6.97. The molecule has 1 heterocycles. The zero-order chi connectivity index (χ0) is 19.9. The summed E-state index contributed by atoms with van der Waals surface area (Å²) in [5.41, 5.74) is 3.82. The number of ether oxygens (including phenoxy) is 1. The van der Waals surface area contributed by atoms with Crippen LogP contribution in [0.3, 0.4) is 0 Å². The smallest absolute Gasteiger partial charge is 0.246 e. The van der Waals surface area contributed by atoms with E-state index in [1.54, 1.807) is 6.92 Å². The van der Waals surface area contributed by atoms with Crippen molar-refractivity contribution in [2.24, 2.45) is 0 Å². The first kappa shape index (κ1) is 19.7. The van der Waals surface area contributed by atoms with Crippen LogP contribution in [0.5, 0.6) is 5.75 Å². The maximum absolute atomic E-state index is 11.7. The van der Waals surface area contributed by atoms with Gasteiger partial charge in [-0.3, -0.25) is 4.79 Å². The summed E-state index contributed by atoms with van der Waals surface area (Å²) in [5.74, 6) is 1.75. The minimum atomic E-state index is -0.117. The fourth-order valence-corrected chi connectivity index (χ4v) is 3.05. The van der Waals surface area contributed by atoms with Crippen molar-refractivity contribution in [3.8, 4) is 5.75 Å². The lowest BCUT2D eigenvalue weighted by Crippen LogP contribution is -2.26. The maximum Gasteiger partial charge on any atom is 0.246 e. The van der Waals surface area contributed by atoms with Gasteiger partial charge in [-0.05, 0) is 44.5 Å². The standard InChI is InChI=1S/C23H27N3O2/c1-17(2)23(27)24-14-13-22-25-20-7-4-5-8-21(20)26(22)15-6-16-28-19-11-9-18(3)10-12-19/h4-5,7-12H,1,6,13-16H2,2-3H3,(H,24,27). The molecular weight excluding hydrogens is 350 g/mol. The monoisotopic (exact) mass is 377 g/mol. The van der Waals surface area contributed by atoms with Gasteiger partial charge in [-0.15, -0.1) is 0 Å². The van der Waals surface area contributed by atoms with Crippen molar-refractivity contribution in [1.29, 1.82) is 0 Å². The number of imidazole rings is 1. The van der Waals surface area contributed by atoms with Crippen LogP contribution in [-0.4, -0.2) is 28.6 Å². The van der Waals surface area contributed by atoms with E-state index in [1.807, 2.05) is 30.3 Å². The number of nitrogens with zero attached hydrogens (tertiary/aromatic N) is 2. The molecule has 0 fully saturated rings. The van der Waals surface area contributed by atoms with Crippen LogP contribution in [0.2, 0.25) is 0 Å². The first-order chi connectivity index (χ1) is 13.5. The number of carbonyl (C=O) groups is 1. The van der Waals surface area contributed by atoms with E-state index < -0.39 is 0 Å². The number of para-hydroxylation sites is 2. The molecule has 0 unspecified atom stereocenters. The summed E-state index contributed by atoms with van der Waals surface area (Å²) in [6.07, 6.45) is 1.55. The highest BCUT2D eigenvalue weighted by molar-refractivity contribution is 5.92. The number of amides is 1. The van der Waals surface area contributed by atoms with Crippen molar-refractivity contribution in [3.63, 3.8) is 0 Å². The van der Waals surface area contributed by atoms with E-state index >= 15 is 0 Å². The molecule has 0 aliphatic carbocycles. The molecule has 2 aromatic carbocycles. The number of fused-ring (bicyclic) bond motifs is 1. The van der Waals surface area contributed by atoms with E-state index in [2.05, 4.69) is 41.6 Å². The molecule has 0 aliphatic rings. The minimum absolute atomic E-state index is 0.117. The average molecular weight is 377 g/mol. The predicted molar refractivity (Wildman–Crippen MR) is 113 cm³/mol. The zero-order valence-corrected chi connectivity index (χ0v) is 16.6. The van der Waals surface area contributed by atoms with Gasteiger partial charge in [-0.2, -0.15) is 0 Å². The second kappa shape index (κ2) is 9.22. The molecule has 1 amide bonds. The highest BCUT2D eigenvalue weighted by Gasteiger charge is 2.11. The van der Waals surface area contributed by atoms with Crippen molar-refractivity contribution in [3.05, 3.63) is 72.1 Å². The number of aromatic nitrogens is 2. The van der Waals surface area contributed by atoms with Crippen LogP contribution in [0, 0.1) is 6.92 Å². The van der Waals surface area contributed by atoms with Gasteiger partial charge >= 0.3 is 0 Å². The molecule has 3 aromatic rings. The molecule has 5 nitrogen and oxygen atoms in total. The Morgan fingerprint density at radius 3 is 2.68 bits per heavy atom. The lowest BCUT2D eigenvalue weighted by molar-refractivity contribution is -0.117. The fraction of sp³-hybridized carbons (Fsp3) is 0.304. The minimum Gasteiger partial charge on any atom is -0.494 e. The Bertz CT molecular complexity index is 958. The zero-order valence-electron chi connectivity index (χ0n) is 16.6. The Hall–Kier alpha value is -3.08. The van der Waals surface area contributed by atoms with E-state index in [9.17, 15) is 4.79 Å². The molecule has 0 bridgehead atoms. The van der Waals surface area contributed by atoms with Crippen LogP contribution in [0.25, 0.3) is 11.0 Å². The van der Waals surface area contributed by atoms with Gasteiger partial charge < -0.3 is 14.6 Å². The summed E-state index contributed by atoms with van der Waals surface area (Å²) < 4.78 is 8.07. The highest BCUT2D eigenvalue weighted by atomic mass is 16.5. The fourth-order valence-electron chi connectivity index (χ4n) is 3.05. The summed E-state index contributed by atoms with van der Waals surface area (Å²) >= 11 is 0. The van der Waals surface area contributed by atoms with Gasteiger partial charge in [0, 0.05) is 25.1 Å². The van der Waals surface area contributed by atoms with E-state index in [-0.39, 0.29) is 5.91 Å². The molecule has 0 spiro atoms. The number of hydrogen-bond donors (Lipinski definition) is 1. The van der Waals surface area contributed by atoms with Crippen LogP contribution in [0.15, 0.2) is 60.7 Å². The first-order valence-corrected chi connectivity index (χ1v) is 9.62. The SMILES string of the molecule is C=C(C)C(=O)NCCc1nc2ccccc2n1CCCOc1ccc(C)cc1. The van der Waals surface area contributed by atoms with Crippen molar-refractivity contribution >= 4 is 16.9 Å². The molecule has 28 heavy (non-hydrogen) atoms. The van der Waals surface area contributed by atoms with Gasteiger partial charge in [0.05, 0.1) is 17.6 Å². The summed E-state index contributed by atoms with van der Waals surface area (Å²) in [7, 11) is 0. The largest absolute Gasteiger partial charge is 0.494 e. The Kier molecular flexibility index (Phi) is 6.48. The van der Waals surface area contributed by atoms with E-state index in [1.165, 1.54) is 5.56 Å². The third kappa shape index (κ3) is 5.00. The summed E-state index contributed by atoms with van der Waals surface area (Å²) in [4.78, 5) is 16.5. The number of nitrogens with one attached hydrogen (secondary N) is 1. The van der Waals surface area contributed by atoms with Crippen molar-refractivity contribution < 1.29 is 9.53 Å². The molecule has 146 valence electrons. The molecule has 0 radical (unpaired) electrons. The third-order valence-corrected chi connectivity index (χ3v) is 4.57. The highest BCUT2D eigenvalue weighted by Crippen LogP contribution is 2.17. The molecule has 0 aliphatic heterocycles. The van der Waals surface area contributed by atoms with Crippen molar-refractivity contribution in [2.75, 3.05) is 13.2 Å². The Balaban J connectivity index is 1.62. The van der Waals surface area contributed by atoms with E-state index in [0.717, 1.165) is 35.6 Å². The Morgan fingerprint density at radius 1 is 1.18 bits per heavy atom. The summed E-state index contributed by atoms with van der Waals surface area (Å²) in [6, 6.07) is 16.2. The molecule has 0 atom stereocenters. The average Bonchev–Trinajstić information content (AvgIpc) is 3.04. The summed E-state index contributed by atoms with van der Waals surface area (Å²) in [6.45, 7) is 9.43. The van der Waals surface area contributed by atoms with Crippen LogP contribution in [0.4, 0.5) is 0 Å². The van der Waals surface area contributed by atoms with Gasteiger partial charge in [0.2, 0.25) is 5.91 Å². The predicted octanol–water partition coefficient (Wildman–Crippen LogP) is 4.05. The van der Waals surface area contributed by atoms with Gasteiger partial charge in [0.25, 0.3) is 0 Å². The Labute approximate surface area is 166 Å². The van der Waals surface area contributed by atoms with Crippen LogP contribution in [0.1, 0.15) is 24.7 Å².